The summed E-state index contributed by atoms with van der Waals surface area (Å²) < 4.78 is 51.2. The summed E-state index contributed by atoms with van der Waals surface area (Å²) in [6, 6.07) is 1.58. The van der Waals surface area contributed by atoms with E-state index in [9.17, 15) is 18.0 Å². The van der Waals surface area contributed by atoms with Gasteiger partial charge in [0.1, 0.15) is 35.8 Å². The number of nitrogens with one attached hydrogen (secondary N) is 2. The molecule has 1 fully saturated rings. The highest BCUT2D eigenvalue weighted by Gasteiger charge is 2.41. The first-order chi connectivity index (χ1) is 11.8. The molecule has 3 aliphatic heterocycles. The molecule has 0 aliphatic carbocycles. The van der Waals surface area contributed by atoms with Gasteiger partial charge >= 0.3 is 6.18 Å². The highest BCUT2D eigenvalue weighted by atomic mass is 19.4. The van der Waals surface area contributed by atoms with Gasteiger partial charge in [0.25, 0.3) is 5.91 Å². The lowest BCUT2D eigenvalue weighted by Gasteiger charge is -2.39. The Morgan fingerprint density at radius 2 is 2.12 bits per heavy atom. The van der Waals surface area contributed by atoms with Crippen LogP contribution in [0.5, 0.6) is 11.5 Å². The molecule has 1 amide bonds. The Hall–Kier alpha value is -2.49. The molecule has 0 spiro atoms. The van der Waals surface area contributed by atoms with Gasteiger partial charge in [0.2, 0.25) is 0 Å². The van der Waals surface area contributed by atoms with E-state index < -0.39 is 17.8 Å². The van der Waals surface area contributed by atoms with Crippen LogP contribution in [0.4, 0.5) is 18.9 Å². The van der Waals surface area contributed by atoms with Crippen LogP contribution in [0.1, 0.15) is 12.5 Å². The lowest BCUT2D eigenvalue weighted by atomic mass is 10.1. The molecule has 1 aromatic carbocycles. The minimum atomic E-state index is -4.58. The molecule has 1 saturated heterocycles. The van der Waals surface area contributed by atoms with E-state index in [1.54, 1.807) is 11.8 Å². The number of rotatable bonds is 2. The number of carbonyl (C=O) groups excluding carboxylic acids is 1. The van der Waals surface area contributed by atoms with E-state index in [1.165, 1.54) is 6.07 Å². The number of carbonyl (C=O) groups is 1. The van der Waals surface area contributed by atoms with E-state index in [-0.39, 0.29) is 30.1 Å². The van der Waals surface area contributed by atoms with Crippen LogP contribution >= 0.6 is 0 Å². The molecule has 1 aromatic rings. The summed E-state index contributed by atoms with van der Waals surface area (Å²) in [4.78, 5) is 13.5. The normalized spacial score (nSPS) is 22.9. The second-order valence-electron chi connectivity index (χ2n) is 6.05. The monoisotopic (exact) mass is 356 g/mol. The number of fused-ring (bicyclic) bond motifs is 3. The molecule has 0 aromatic heterocycles. The number of ether oxygens (including phenoxy) is 2. The third-order valence-electron chi connectivity index (χ3n) is 4.36. The number of nitrogens with zero attached hydrogens (tertiary/aromatic N) is 2. The molecule has 1 atom stereocenters. The molecule has 7 nitrogen and oxygen atoms in total. The van der Waals surface area contributed by atoms with Crippen LogP contribution in [-0.2, 0) is 11.0 Å². The van der Waals surface area contributed by atoms with Crippen molar-refractivity contribution in [1.82, 2.24) is 10.7 Å². The number of halogens is 3. The zero-order valence-corrected chi connectivity index (χ0v) is 13.2. The van der Waals surface area contributed by atoms with Crippen molar-refractivity contribution in [2.45, 2.75) is 25.2 Å². The zero-order valence-electron chi connectivity index (χ0n) is 13.2. The van der Waals surface area contributed by atoms with Crippen molar-refractivity contribution >= 4 is 17.4 Å². The van der Waals surface area contributed by atoms with Crippen LogP contribution in [0.3, 0.4) is 0 Å². The molecule has 2 N–H and O–H groups in total. The van der Waals surface area contributed by atoms with E-state index in [2.05, 4.69) is 15.8 Å². The fraction of sp³-hybridized carbons (Fsp3) is 0.467. The Kier molecular flexibility index (Phi) is 3.53. The lowest BCUT2D eigenvalue weighted by molar-refractivity contribution is -0.139. The number of alkyl halides is 3. The van der Waals surface area contributed by atoms with Gasteiger partial charge in [0, 0.05) is 19.2 Å². The van der Waals surface area contributed by atoms with Gasteiger partial charge < -0.3 is 19.7 Å². The zero-order chi connectivity index (χ0) is 17.8. The summed E-state index contributed by atoms with van der Waals surface area (Å²) >= 11 is 0. The summed E-state index contributed by atoms with van der Waals surface area (Å²) in [5.74, 6) is -0.148. The Bertz CT molecular complexity index is 761. The maximum atomic E-state index is 13.4. The SMILES string of the molecule is CC1C(=O)NN=C2COc3cc(C(F)(F)F)c(OC4CNC4)cc3N21. The van der Waals surface area contributed by atoms with Crippen LogP contribution in [0.25, 0.3) is 0 Å². The standard InChI is InChI=1S/C15H15F3N4O3/c1-7-14(23)21-20-13-6-24-12-2-9(15(16,17)18)11(3-10(12)22(7)13)25-8-4-19-5-8/h2-3,7-8,19H,4-6H2,1H3,(H,21,23). The maximum Gasteiger partial charge on any atom is 0.420 e. The van der Waals surface area contributed by atoms with Gasteiger partial charge in [-0.2, -0.15) is 18.3 Å². The van der Waals surface area contributed by atoms with Crippen molar-refractivity contribution in [3.8, 4) is 11.5 Å². The van der Waals surface area contributed by atoms with Gasteiger partial charge in [-0.1, -0.05) is 0 Å². The van der Waals surface area contributed by atoms with Crippen molar-refractivity contribution in [3.05, 3.63) is 17.7 Å². The van der Waals surface area contributed by atoms with Gasteiger partial charge in [-0.15, -0.1) is 0 Å². The minimum absolute atomic E-state index is 0.0261. The Morgan fingerprint density at radius 1 is 1.36 bits per heavy atom. The smallest absolute Gasteiger partial charge is 0.420 e. The molecule has 25 heavy (non-hydrogen) atoms. The number of hydrogen-bond acceptors (Lipinski definition) is 6. The van der Waals surface area contributed by atoms with Gasteiger partial charge in [0.05, 0.1) is 5.69 Å². The molecule has 0 bridgehead atoms. The second-order valence-corrected chi connectivity index (χ2v) is 6.05. The summed E-state index contributed by atoms with van der Waals surface area (Å²) in [5, 5.41) is 6.86. The molecule has 4 rings (SSSR count). The molecule has 3 heterocycles. The van der Waals surface area contributed by atoms with Gasteiger partial charge in [0.15, 0.2) is 5.84 Å². The van der Waals surface area contributed by atoms with E-state index in [1.807, 2.05) is 0 Å². The second kappa shape index (κ2) is 5.51. The molecule has 3 aliphatic rings. The van der Waals surface area contributed by atoms with Gasteiger partial charge in [-0.25, -0.2) is 5.43 Å². The fourth-order valence-corrected chi connectivity index (χ4v) is 2.90. The third kappa shape index (κ3) is 2.66. The first-order valence-electron chi connectivity index (χ1n) is 7.75. The maximum absolute atomic E-state index is 13.4. The van der Waals surface area contributed by atoms with Gasteiger partial charge in [-0.05, 0) is 13.0 Å². The topological polar surface area (TPSA) is 75.2 Å². The molecule has 134 valence electrons. The highest BCUT2D eigenvalue weighted by molar-refractivity contribution is 6.09. The molecule has 0 saturated carbocycles. The summed E-state index contributed by atoms with van der Waals surface area (Å²) in [5.41, 5.74) is 1.81. The van der Waals surface area contributed by atoms with E-state index in [0.717, 1.165) is 6.07 Å². The molecular formula is C15H15F3N4O3. The van der Waals surface area contributed by atoms with Crippen LogP contribution in [-0.4, -0.2) is 43.6 Å². The first kappa shape index (κ1) is 16.0. The van der Waals surface area contributed by atoms with Crippen LogP contribution in [0.2, 0.25) is 0 Å². The van der Waals surface area contributed by atoms with E-state index in [0.29, 0.717) is 24.6 Å². The quantitative estimate of drug-likeness (QED) is 0.830. The van der Waals surface area contributed by atoms with Crippen LogP contribution in [0, 0.1) is 0 Å². The van der Waals surface area contributed by atoms with Crippen molar-refractivity contribution in [2.75, 3.05) is 24.6 Å². The van der Waals surface area contributed by atoms with Crippen molar-refractivity contribution in [3.63, 3.8) is 0 Å². The average molecular weight is 356 g/mol. The summed E-state index contributed by atoms with van der Waals surface area (Å²) in [7, 11) is 0. The fourth-order valence-electron chi connectivity index (χ4n) is 2.90. The first-order valence-corrected chi connectivity index (χ1v) is 7.75. The van der Waals surface area contributed by atoms with Crippen molar-refractivity contribution in [2.24, 2.45) is 5.10 Å². The Morgan fingerprint density at radius 3 is 2.76 bits per heavy atom. The lowest BCUT2D eigenvalue weighted by Crippen LogP contribution is -2.55. The summed E-state index contributed by atoms with van der Waals surface area (Å²) in [6.07, 6.45) is -4.90. The largest absolute Gasteiger partial charge is 0.487 e. The average Bonchev–Trinajstić information content (AvgIpc) is 2.52. The third-order valence-corrected chi connectivity index (χ3v) is 4.36. The minimum Gasteiger partial charge on any atom is -0.487 e. The number of amidine groups is 1. The highest BCUT2D eigenvalue weighted by Crippen LogP contribution is 2.45. The van der Waals surface area contributed by atoms with E-state index >= 15 is 0 Å². The molecule has 10 heteroatoms. The predicted octanol–water partition coefficient (Wildman–Crippen LogP) is 1.09. The molecular weight excluding hydrogens is 341 g/mol. The van der Waals surface area contributed by atoms with Crippen molar-refractivity contribution < 1.29 is 27.4 Å². The number of benzene rings is 1. The Balaban J connectivity index is 1.81. The molecule has 1 unspecified atom stereocenters. The number of amides is 1. The van der Waals surface area contributed by atoms with Crippen LogP contribution in [0.15, 0.2) is 17.2 Å². The van der Waals surface area contributed by atoms with Crippen LogP contribution < -0.4 is 25.1 Å². The molecule has 0 radical (unpaired) electrons. The predicted molar refractivity (Wildman–Crippen MR) is 81.7 cm³/mol. The summed E-state index contributed by atoms with van der Waals surface area (Å²) in [6.45, 7) is 2.59. The number of hydrazone groups is 1. The van der Waals surface area contributed by atoms with E-state index in [4.69, 9.17) is 9.47 Å². The van der Waals surface area contributed by atoms with Crippen molar-refractivity contribution in [1.29, 1.82) is 0 Å². The number of anilines is 1. The van der Waals surface area contributed by atoms with Gasteiger partial charge in [-0.3, -0.25) is 4.79 Å². The number of hydrogen-bond donors (Lipinski definition) is 2. The Labute approximate surface area is 140 Å².